The van der Waals surface area contributed by atoms with Crippen LogP contribution in [-0.4, -0.2) is 17.7 Å². The zero-order valence-corrected chi connectivity index (χ0v) is 6.41. The van der Waals surface area contributed by atoms with Crippen LogP contribution in [0, 0.1) is 0 Å². The van der Waals surface area contributed by atoms with Crippen LogP contribution in [0.1, 0.15) is 32.1 Å². The van der Waals surface area contributed by atoms with Crippen LogP contribution in [0.15, 0.2) is 0 Å². The fraction of sp³-hybridized carbons (Fsp3) is 0.857. The smallest absolute Gasteiger partial charge is 0.303 e. The molecule has 0 saturated carbocycles. The average Bonchev–Trinajstić information content (AvgIpc) is 1.96. The molecule has 0 aliphatic heterocycles. The van der Waals surface area contributed by atoms with E-state index in [1.54, 1.807) is 0 Å². The Kier molecular flexibility index (Phi) is 7.08. The number of unbranched alkanes of at least 4 members (excludes halogenated alkanes) is 3. The normalized spacial score (nSPS) is 9.91. The first-order valence-corrected chi connectivity index (χ1v) is 3.74. The molecule has 0 heterocycles. The van der Waals surface area contributed by atoms with Crippen LogP contribution in [-0.2, 0) is 14.9 Å². The molecule has 0 aliphatic carbocycles. The molecule has 4 heteroatoms. The van der Waals surface area contributed by atoms with Crippen molar-refractivity contribution in [2.45, 2.75) is 32.1 Å². The Labute approximate surface area is 65.7 Å². The first-order valence-electron chi connectivity index (χ1n) is 3.74. The van der Waals surface area contributed by atoms with E-state index in [9.17, 15) is 10.1 Å². The van der Waals surface area contributed by atoms with Crippen molar-refractivity contribution in [3.8, 4) is 0 Å². The molecule has 4 nitrogen and oxygen atoms in total. The maximum absolute atomic E-state index is 10.0. The number of carbonyl (C=O) groups is 1. The zero-order valence-electron chi connectivity index (χ0n) is 6.41. The number of rotatable bonds is 7. The molecule has 0 bridgehead atoms. The monoisotopic (exact) mass is 161 g/mol. The van der Waals surface area contributed by atoms with Gasteiger partial charge in [-0.1, -0.05) is 12.8 Å². The van der Waals surface area contributed by atoms with E-state index in [0.29, 0.717) is 6.42 Å². The average molecular weight is 161 g/mol. The quantitative estimate of drug-likeness (QED) is 0.348. The van der Waals surface area contributed by atoms with Gasteiger partial charge in [0.1, 0.15) is 0 Å². The van der Waals surface area contributed by atoms with Gasteiger partial charge in [-0.15, -0.1) is 0 Å². The van der Waals surface area contributed by atoms with E-state index >= 15 is 0 Å². The Bertz CT molecular complexity index is 103. The summed E-state index contributed by atoms with van der Waals surface area (Å²) in [5.41, 5.74) is 0. The first kappa shape index (κ1) is 10.4. The minimum absolute atomic E-state index is 0.220. The summed E-state index contributed by atoms with van der Waals surface area (Å²) in [5, 5.41) is 17.7. The van der Waals surface area contributed by atoms with Gasteiger partial charge in [0.05, 0.1) is 6.61 Å². The molecule has 0 spiro atoms. The van der Waals surface area contributed by atoms with Crippen molar-refractivity contribution in [1.29, 1.82) is 0 Å². The molecule has 0 aromatic carbocycles. The third kappa shape index (κ3) is 9.39. The molecule has 0 aromatic rings. The van der Waals surface area contributed by atoms with Crippen molar-refractivity contribution >= 4 is 5.97 Å². The molecular formula is C7H13O4. The van der Waals surface area contributed by atoms with Crippen molar-refractivity contribution in [3.05, 3.63) is 0 Å². The molecule has 1 N–H and O–H groups in total. The number of aliphatic carboxylic acids is 1. The van der Waals surface area contributed by atoms with E-state index in [1.807, 2.05) is 0 Å². The van der Waals surface area contributed by atoms with Gasteiger partial charge in [0.25, 0.3) is 0 Å². The maximum atomic E-state index is 10.0. The summed E-state index contributed by atoms with van der Waals surface area (Å²) in [4.78, 5) is 13.6. The summed E-state index contributed by atoms with van der Waals surface area (Å²) in [6.45, 7) is 0.229. The Balaban J connectivity index is 2.85. The van der Waals surface area contributed by atoms with E-state index < -0.39 is 5.97 Å². The molecule has 65 valence electrons. The Morgan fingerprint density at radius 1 is 1.18 bits per heavy atom. The third-order valence-electron chi connectivity index (χ3n) is 1.37. The number of hydrogen-bond acceptors (Lipinski definition) is 2. The van der Waals surface area contributed by atoms with Gasteiger partial charge in [-0.25, -0.2) is 4.89 Å². The molecule has 0 amide bonds. The topological polar surface area (TPSA) is 66.4 Å². The predicted molar refractivity (Wildman–Crippen MR) is 37.4 cm³/mol. The van der Waals surface area contributed by atoms with Crippen molar-refractivity contribution in [3.63, 3.8) is 0 Å². The summed E-state index contributed by atoms with van der Waals surface area (Å²) >= 11 is 0. The minimum atomic E-state index is -0.759. The van der Waals surface area contributed by atoms with Gasteiger partial charge in [-0.05, 0) is 18.1 Å². The number of carboxylic acids is 1. The number of carboxylic acid groups (broad SMARTS) is 1. The highest BCUT2D eigenvalue weighted by Crippen LogP contribution is 2.02. The van der Waals surface area contributed by atoms with Gasteiger partial charge in [0.2, 0.25) is 0 Å². The first-order chi connectivity index (χ1) is 5.27. The second-order valence-electron chi connectivity index (χ2n) is 2.38. The second kappa shape index (κ2) is 7.50. The molecule has 0 aromatic heterocycles. The molecule has 0 fully saturated rings. The summed E-state index contributed by atoms with van der Waals surface area (Å²) < 4.78 is 0. The standard InChI is InChI=1S/C7H13O4/c8-7(9)5-3-1-2-4-6-11-10/h1-6H2,(H,8,9). The molecule has 0 atom stereocenters. The van der Waals surface area contributed by atoms with E-state index in [0.717, 1.165) is 19.3 Å². The van der Waals surface area contributed by atoms with Crippen LogP contribution in [0.4, 0.5) is 0 Å². The summed E-state index contributed by atoms with van der Waals surface area (Å²) in [6.07, 6.45) is 3.36. The SMILES string of the molecule is [O]OCCCCCCC(=O)O. The van der Waals surface area contributed by atoms with Crippen molar-refractivity contribution in [2.24, 2.45) is 0 Å². The molecule has 0 aliphatic rings. The van der Waals surface area contributed by atoms with Crippen LogP contribution in [0.2, 0.25) is 0 Å². The molecule has 11 heavy (non-hydrogen) atoms. The van der Waals surface area contributed by atoms with Crippen LogP contribution in [0.25, 0.3) is 0 Å². The molecule has 0 rings (SSSR count). The van der Waals surface area contributed by atoms with Gasteiger partial charge in [-0.3, -0.25) is 4.79 Å². The fourth-order valence-corrected chi connectivity index (χ4v) is 0.791. The van der Waals surface area contributed by atoms with E-state index in [-0.39, 0.29) is 13.0 Å². The van der Waals surface area contributed by atoms with Crippen LogP contribution >= 0.6 is 0 Å². The largest absolute Gasteiger partial charge is 0.481 e. The van der Waals surface area contributed by atoms with Crippen molar-refractivity contribution < 1.29 is 20.0 Å². The van der Waals surface area contributed by atoms with Gasteiger partial charge in [-0.2, -0.15) is 0 Å². The maximum Gasteiger partial charge on any atom is 0.303 e. The summed E-state index contributed by atoms with van der Waals surface area (Å²) in [5.74, 6) is -0.759. The van der Waals surface area contributed by atoms with Gasteiger partial charge in [0.15, 0.2) is 0 Å². The highest BCUT2D eigenvalue weighted by Gasteiger charge is 1.95. The van der Waals surface area contributed by atoms with E-state index in [1.165, 1.54) is 0 Å². The lowest BCUT2D eigenvalue weighted by Crippen LogP contribution is -1.94. The third-order valence-corrected chi connectivity index (χ3v) is 1.37. The predicted octanol–water partition coefficient (Wildman–Crippen LogP) is 1.38. The lowest BCUT2D eigenvalue weighted by Gasteiger charge is -1.95. The van der Waals surface area contributed by atoms with Gasteiger partial charge >= 0.3 is 5.97 Å². The summed E-state index contributed by atoms with van der Waals surface area (Å²) in [7, 11) is 0. The van der Waals surface area contributed by atoms with Crippen molar-refractivity contribution in [1.82, 2.24) is 0 Å². The Hall–Kier alpha value is -0.610. The van der Waals surface area contributed by atoms with Crippen LogP contribution in [0.5, 0.6) is 0 Å². The van der Waals surface area contributed by atoms with E-state index in [4.69, 9.17) is 5.11 Å². The van der Waals surface area contributed by atoms with Gasteiger partial charge in [0, 0.05) is 6.42 Å². The second-order valence-corrected chi connectivity index (χ2v) is 2.38. The lowest BCUT2D eigenvalue weighted by atomic mass is 10.1. The number of hydrogen-bond donors (Lipinski definition) is 1. The molecule has 0 saturated heterocycles. The minimum Gasteiger partial charge on any atom is -0.481 e. The highest BCUT2D eigenvalue weighted by atomic mass is 17.1. The van der Waals surface area contributed by atoms with Crippen molar-refractivity contribution in [2.75, 3.05) is 6.61 Å². The van der Waals surface area contributed by atoms with E-state index in [2.05, 4.69) is 4.89 Å². The molecular weight excluding hydrogens is 148 g/mol. The fourth-order valence-electron chi connectivity index (χ4n) is 0.791. The van der Waals surface area contributed by atoms with Crippen LogP contribution < -0.4 is 0 Å². The lowest BCUT2D eigenvalue weighted by molar-refractivity contribution is -0.303. The summed E-state index contributed by atoms with van der Waals surface area (Å²) in [6, 6.07) is 0. The zero-order chi connectivity index (χ0) is 8.53. The Morgan fingerprint density at radius 2 is 1.82 bits per heavy atom. The van der Waals surface area contributed by atoms with Crippen LogP contribution in [0.3, 0.4) is 0 Å². The molecule has 0 unspecified atom stereocenters. The molecule has 1 radical (unpaired) electrons. The van der Waals surface area contributed by atoms with Gasteiger partial charge < -0.3 is 5.11 Å². The highest BCUT2D eigenvalue weighted by molar-refractivity contribution is 5.66. The Morgan fingerprint density at radius 3 is 2.36 bits per heavy atom.